The van der Waals surface area contributed by atoms with Crippen molar-refractivity contribution in [2.24, 2.45) is 0 Å². The van der Waals surface area contributed by atoms with Crippen molar-refractivity contribution < 1.29 is 19.1 Å². The molecule has 6 heteroatoms. The van der Waals surface area contributed by atoms with Crippen LogP contribution < -0.4 is 10.1 Å². The molecule has 0 radical (unpaired) electrons. The van der Waals surface area contributed by atoms with Gasteiger partial charge >= 0.3 is 0 Å². The lowest BCUT2D eigenvalue weighted by Gasteiger charge is -2.31. The monoisotopic (exact) mass is 472 g/mol. The molecule has 2 atom stereocenters. The lowest BCUT2D eigenvalue weighted by molar-refractivity contribution is -0.143. The molecule has 2 amide bonds. The summed E-state index contributed by atoms with van der Waals surface area (Å²) in [7, 11) is 0. The minimum absolute atomic E-state index is 0.0241. The Morgan fingerprint density at radius 2 is 1.54 bits per heavy atom. The van der Waals surface area contributed by atoms with E-state index in [-0.39, 0.29) is 24.5 Å². The fraction of sp³-hybridized carbons (Fsp3) is 0.310. The van der Waals surface area contributed by atoms with Crippen molar-refractivity contribution in [2.75, 3.05) is 19.8 Å². The van der Waals surface area contributed by atoms with Crippen LogP contribution in [0, 0.1) is 0 Å². The van der Waals surface area contributed by atoms with E-state index in [0.29, 0.717) is 25.3 Å². The number of carbonyl (C=O) groups excluding carboxylic acids is 2. The van der Waals surface area contributed by atoms with Gasteiger partial charge < -0.3 is 19.7 Å². The van der Waals surface area contributed by atoms with E-state index < -0.39 is 6.04 Å². The van der Waals surface area contributed by atoms with Crippen LogP contribution in [0.1, 0.15) is 24.0 Å². The van der Waals surface area contributed by atoms with Gasteiger partial charge in [0, 0.05) is 26.1 Å². The summed E-state index contributed by atoms with van der Waals surface area (Å²) in [6.07, 6.45) is 2.36. The number of para-hydroxylation sites is 1. The first kappa shape index (κ1) is 24.5. The zero-order valence-corrected chi connectivity index (χ0v) is 19.8. The maximum Gasteiger partial charge on any atom is 0.261 e. The quantitative estimate of drug-likeness (QED) is 0.458. The molecule has 182 valence electrons. The van der Waals surface area contributed by atoms with Gasteiger partial charge in [-0.25, -0.2) is 0 Å². The van der Waals surface area contributed by atoms with Crippen molar-refractivity contribution in [3.63, 3.8) is 0 Å². The number of benzene rings is 3. The van der Waals surface area contributed by atoms with Crippen LogP contribution in [0.25, 0.3) is 0 Å². The Morgan fingerprint density at radius 3 is 2.17 bits per heavy atom. The number of carbonyl (C=O) groups is 2. The summed E-state index contributed by atoms with van der Waals surface area (Å²) >= 11 is 0. The molecule has 0 aromatic heterocycles. The number of hydrogen-bond acceptors (Lipinski definition) is 4. The van der Waals surface area contributed by atoms with Crippen molar-refractivity contribution in [2.45, 2.75) is 38.0 Å². The van der Waals surface area contributed by atoms with Crippen molar-refractivity contribution in [1.82, 2.24) is 10.2 Å². The van der Waals surface area contributed by atoms with Crippen molar-refractivity contribution >= 4 is 11.8 Å². The molecule has 1 aliphatic rings. The highest BCUT2D eigenvalue weighted by Gasteiger charge is 2.31. The standard InChI is InChI=1S/C29H32N2O4/c32-28(22-35-25-15-8-3-9-16-25)31(21-24-13-6-2-7-14-24)27(19-23-11-4-1-5-12-23)29(33)30-20-26-17-10-18-34-26/h1-9,11-16,26-27H,10,17-22H2,(H,30,33)/t26-,27-/m1/s1. The van der Waals surface area contributed by atoms with Gasteiger partial charge in [0.15, 0.2) is 6.61 Å². The molecule has 3 aromatic rings. The Labute approximate surface area is 206 Å². The summed E-state index contributed by atoms with van der Waals surface area (Å²) in [5, 5.41) is 3.04. The van der Waals surface area contributed by atoms with Crippen LogP contribution in [0.4, 0.5) is 0 Å². The molecule has 1 N–H and O–H groups in total. The first-order chi connectivity index (χ1) is 17.2. The molecule has 0 bridgehead atoms. The molecule has 1 heterocycles. The van der Waals surface area contributed by atoms with Gasteiger partial charge in [0.25, 0.3) is 5.91 Å². The number of nitrogens with one attached hydrogen (secondary N) is 1. The van der Waals surface area contributed by atoms with Crippen LogP contribution in [0.5, 0.6) is 5.75 Å². The van der Waals surface area contributed by atoms with Crippen LogP contribution in [0.3, 0.4) is 0 Å². The molecule has 0 saturated carbocycles. The molecular formula is C29H32N2O4. The molecule has 1 fully saturated rings. The Kier molecular flexibility index (Phi) is 8.90. The summed E-state index contributed by atoms with van der Waals surface area (Å²) in [6, 6.07) is 28.0. The summed E-state index contributed by atoms with van der Waals surface area (Å²) < 4.78 is 11.4. The van der Waals surface area contributed by atoms with E-state index in [4.69, 9.17) is 9.47 Å². The van der Waals surface area contributed by atoms with Gasteiger partial charge in [0.05, 0.1) is 6.10 Å². The van der Waals surface area contributed by atoms with Gasteiger partial charge in [0.1, 0.15) is 11.8 Å². The van der Waals surface area contributed by atoms with E-state index in [1.54, 1.807) is 4.90 Å². The number of rotatable bonds is 11. The minimum Gasteiger partial charge on any atom is -0.484 e. The average Bonchev–Trinajstić information content (AvgIpc) is 3.43. The molecule has 1 saturated heterocycles. The largest absolute Gasteiger partial charge is 0.484 e. The van der Waals surface area contributed by atoms with Crippen LogP contribution >= 0.6 is 0 Å². The van der Waals surface area contributed by atoms with Gasteiger partial charge in [0.2, 0.25) is 5.91 Å². The van der Waals surface area contributed by atoms with E-state index in [2.05, 4.69) is 5.32 Å². The van der Waals surface area contributed by atoms with E-state index >= 15 is 0 Å². The fourth-order valence-corrected chi connectivity index (χ4v) is 4.22. The van der Waals surface area contributed by atoms with Crippen LogP contribution in [0.2, 0.25) is 0 Å². The van der Waals surface area contributed by atoms with E-state index in [1.165, 1.54) is 0 Å². The Hall–Kier alpha value is -3.64. The number of ether oxygens (including phenoxy) is 2. The highest BCUT2D eigenvalue weighted by atomic mass is 16.5. The highest BCUT2D eigenvalue weighted by Crippen LogP contribution is 2.17. The molecule has 0 unspecified atom stereocenters. The zero-order valence-electron chi connectivity index (χ0n) is 19.8. The second kappa shape index (κ2) is 12.7. The fourth-order valence-electron chi connectivity index (χ4n) is 4.22. The second-order valence-corrected chi connectivity index (χ2v) is 8.69. The molecule has 6 nitrogen and oxygen atoms in total. The third-order valence-electron chi connectivity index (χ3n) is 6.10. The predicted molar refractivity (Wildman–Crippen MR) is 135 cm³/mol. The Bertz CT molecular complexity index is 1050. The smallest absolute Gasteiger partial charge is 0.261 e. The van der Waals surface area contributed by atoms with Gasteiger partial charge in [-0.3, -0.25) is 9.59 Å². The maximum atomic E-state index is 13.5. The third kappa shape index (κ3) is 7.42. The predicted octanol–water partition coefficient (Wildman–Crippen LogP) is 4.00. The van der Waals surface area contributed by atoms with Crippen LogP contribution in [-0.2, 0) is 27.3 Å². The summed E-state index contributed by atoms with van der Waals surface area (Å²) in [5.74, 6) is 0.183. The molecule has 0 spiro atoms. The molecule has 35 heavy (non-hydrogen) atoms. The van der Waals surface area contributed by atoms with Gasteiger partial charge in [-0.15, -0.1) is 0 Å². The van der Waals surface area contributed by atoms with Crippen molar-refractivity contribution in [3.8, 4) is 5.75 Å². The number of amides is 2. The maximum absolute atomic E-state index is 13.5. The first-order valence-electron chi connectivity index (χ1n) is 12.1. The van der Waals surface area contributed by atoms with Crippen LogP contribution in [0.15, 0.2) is 91.0 Å². The topological polar surface area (TPSA) is 67.9 Å². The van der Waals surface area contributed by atoms with Gasteiger partial charge in [-0.2, -0.15) is 0 Å². The van der Waals surface area contributed by atoms with Crippen molar-refractivity contribution in [1.29, 1.82) is 0 Å². The molecule has 4 rings (SSSR count). The summed E-state index contributed by atoms with van der Waals surface area (Å²) in [6.45, 7) is 1.32. The average molecular weight is 473 g/mol. The molecule has 1 aliphatic heterocycles. The van der Waals surface area contributed by atoms with Gasteiger partial charge in [-0.05, 0) is 36.1 Å². The van der Waals surface area contributed by atoms with E-state index in [0.717, 1.165) is 30.6 Å². The normalized spacial score (nSPS) is 15.8. The Morgan fingerprint density at radius 1 is 0.914 bits per heavy atom. The highest BCUT2D eigenvalue weighted by molar-refractivity contribution is 5.88. The molecule has 0 aliphatic carbocycles. The Balaban J connectivity index is 1.56. The molecular weight excluding hydrogens is 440 g/mol. The lowest BCUT2D eigenvalue weighted by atomic mass is 10.0. The SMILES string of the molecule is O=C(NC[C@H]1CCCO1)[C@@H](Cc1ccccc1)N(Cc1ccccc1)C(=O)COc1ccccc1. The van der Waals surface area contributed by atoms with E-state index in [9.17, 15) is 9.59 Å². The number of hydrogen-bond donors (Lipinski definition) is 1. The first-order valence-corrected chi connectivity index (χ1v) is 12.1. The van der Waals surface area contributed by atoms with Crippen molar-refractivity contribution in [3.05, 3.63) is 102 Å². The lowest BCUT2D eigenvalue weighted by Crippen LogP contribution is -2.52. The van der Waals surface area contributed by atoms with Gasteiger partial charge in [-0.1, -0.05) is 78.9 Å². The molecule has 3 aromatic carbocycles. The summed E-state index contributed by atoms with van der Waals surface area (Å²) in [5.41, 5.74) is 1.94. The van der Waals surface area contributed by atoms with E-state index in [1.807, 2.05) is 91.0 Å². The summed E-state index contributed by atoms with van der Waals surface area (Å²) in [4.78, 5) is 28.7. The zero-order chi connectivity index (χ0) is 24.3. The third-order valence-corrected chi connectivity index (χ3v) is 6.10. The second-order valence-electron chi connectivity index (χ2n) is 8.69. The minimum atomic E-state index is -0.689. The van der Waals surface area contributed by atoms with Crippen LogP contribution in [-0.4, -0.2) is 48.6 Å². The number of nitrogens with zero attached hydrogens (tertiary/aromatic N) is 1.